The molecule has 0 bridgehead atoms. The number of fused-ring (bicyclic) bond motifs is 1. The zero-order valence-electron chi connectivity index (χ0n) is 7.76. The molecule has 0 saturated heterocycles. The molecule has 0 saturated carbocycles. The molecule has 1 heterocycles. The fraction of sp³-hybridized carbons (Fsp3) is 0.100. The van der Waals surface area contributed by atoms with Crippen LogP contribution in [0.25, 0.3) is 11.1 Å². The maximum atomic E-state index is 11.6. The number of halogens is 3. The van der Waals surface area contributed by atoms with Crippen molar-refractivity contribution in [1.29, 1.82) is 0 Å². The minimum Gasteiger partial charge on any atom is -0.406 e. The summed E-state index contributed by atoms with van der Waals surface area (Å²) in [6, 6.07) is 3.67. The maximum Gasteiger partial charge on any atom is 0.420 e. The van der Waals surface area contributed by atoms with E-state index >= 15 is 0 Å². The highest BCUT2D eigenvalue weighted by molar-refractivity contribution is 14.1. The molecule has 0 aliphatic rings. The summed E-state index contributed by atoms with van der Waals surface area (Å²) < 4.78 is 11.0. The van der Waals surface area contributed by atoms with Gasteiger partial charge in [0.05, 0.1) is 16.5 Å². The van der Waals surface area contributed by atoms with Gasteiger partial charge in [0.2, 0.25) is 0 Å². The Morgan fingerprint density at radius 2 is 2.19 bits per heavy atom. The number of rotatable bonds is 1. The topological polar surface area (TPSA) is 35.1 Å². The van der Waals surface area contributed by atoms with Gasteiger partial charge in [-0.3, -0.25) is 4.57 Å². The predicted molar refractivity (Wildman–Crippen MR) is 77.7 cm³/mol. The van der Waals surface area contributed by atoms with E-state index in [1.54, 1.807) is 0 Å². The summed E-state index contributed by atoms with van der Waals surface area (Å²) >= 11 is 8.66. The summed E-state index contributed by atoms with van der Waals surface area (Å²) in [5.74, 6) is 2.44. The summed E-state index contributed by atoms with van der Waals surface area (Å²) in [7, 11) is 0. The van der Waals surface area contributed by atoms with Gasteiger partial charge in [0.1, 0.15) is 0 Å². The molecule has 0 fully saturated rings. The lowest BCUT2D eigenvalue weighted by Gasteiger charge is -1.97. The standard InChI is InChI=1S/C10H4Br2INO2/c11-6-4-7(12)9-8(5-6)14(3-1-2-13)10(15)16-9/h4-5H,3H2. The Balaban J connectivity index is 2.76. The highest BCUT2D eigenvalue weighted by Gasteiger charge is 2.11. The van der Waals surface area contributed by atoms with Crippen LogP contribution in [0.5, 0.6) is 0 Å². The molecule has 0 aliphatic carbocycles. The molecule has 0 atom stereocenters. The van der Waals surface area contributed by atoms with E-state index in [1.165, 1.54) is 4.57 Å². The molecule has 0 aliphatic heterocycles. The number of benzene rings is 1. The largest absolute Gasteiger partial charge is 0.420 e. The molecule has 2 rings (SSSR count). The molecule has 3 nitrogen and oxygen atoms in total. The predicted octanol–water partition coefficient (Wildman–Crippen LogP) is 3.52. The van der Waals surface area contributed by atoms with E-state index in [0.717, 1.165) is 14.5 Å². The fourth-order valence-electron chi connectivity index (χ4n) is 1.35. The molecule has 16 heavy (non-hydrogen) atoms. The second kappa shape index (κ2) is 4.94. The van der Waals surface area contributed by atoms with Gasteiger partial charge in [-0.25, -0.2) is 4.79 Å². The molecule has 0 amide bonds. The van der Waals surface area contributed by atoms with Crippen molar-refractivity contribution in [3.05, 3.63) is 31.6 Å². The highest BCUT2D eigenvalue weighted by Crippen LogP contribution is 2.27. The van der Waals surface area contributed by atoms with Crippen LogP contribution in [0.4, 0.5) is 0 Å². The second-order valence-corrected chi connectivity index (χ2v) is 5.27. The summed E-state index contributed by atoms with van der Waals surface area (Å²) in [5.41, 5.74) is 1.27. The van der Waals surface area contributed by atoms with Gasteiger partial charge in [0, 0.05) is 27.1 Å². The van der Waals surface area contributed by atoms with Crippen LogP contribution in [0.3, 0.4) is 0 Å². The molecule has 6 heteroatoms. The fourth-order valence-corrected chi connectivity index (χ4v) is 2.80. The van der Waals surface area contributed by atoms with Crippen LogP contribution in [0.15, 0.2) is 30.3 Å². The molecule has 1 aromatic heterocycles. The van der Waals surface area contributed by atoms with Crippen LogP contribution in [-0.4, -0.2) is 4.57 Å². The van der Waals surface area contributed by atoms with Crippen molar-refractivity contribution in [2.24, 2.45) is 0 Å². The number of nitrogens with zero attached hydrogens (tertiary/aromatic N) is 1. The van der Waals surface area contributed by atoms with E-state index < -0.39 is 5.76 Å². The van der Waals surface area contributed by atoms with Gasteiger partial charge in [-0.15, -0.1) is 0 Å². The third-order valence-electron chi connectivity index (χ3n) is 1.99. The van der Waals surface area contributed by atoms with Gasteiger partial charge in [-0.2, -0.15) is 0 Å². The number of aromatic nitrogens is 1. The van der Waals surface area contributed by atoms with E-state index in [9.17, 15) is 4.79 Å². The van der Waals surface area contributed by atoms with E-state index in [1.807, 2.05) is 34.7 Å². The minimum atomic E-state index is -0.395. The maximum absolute atomic E-state index is 11.6. The molecular formula is C10H4Br2INO2. The molecular weight excluding hydrogens is 453 g/mol. The third kappa shape index (κ3) is 2.21. The lowest BCUT2D eigenvalue weighted by molar-refractivity contribution is 0.520. The molecule has 2 aromatic rings. The monoisotopic (exact) mass is 455 g/mol. The molecule has 82 valence electrons. The first kappa shape index (κ1) is 12.2. The van der Waals surface area contributed by atoms with Crippen molar-refractivity contribution >= 4 is 65.6 Å². The van der Waals surface area contributed by atoms with Crippen LogP contribution in [-0.2, 0) is 6.54 Å². The van der Waals surface area contributed by atoms with Gasteiger partial charge in [-0.05, 0) is 32.0 Å². The van der Waals surface area contributed by atoms with Crippen molar-refractivity contribution < 1.29 is 4.42 Å². The van der Waals surface area contributed by atoms with Crippen LogP contribution in [0.1, 0.15) is 0 Å². The minimum absolute atomic E-state index is 0.331. The average Bonchev–Trinajstić information content (AvgIpc) is 2.53. The van der Waals surface area contributed by atoms with Crippen molar-refractivity contribution in [2.45, 2.75) is 6.54 Å². The van der Waals surface area contributed by atoms with Gasteiger partial charge >= 0.3 is 5.76 Å². The average molecular weight is 457 g/mol. The van der Waals surface area contributed by atoms with Gasteiger partial charge < -0.3 is 4.42 Å². The van der Waals surface area contributed by atoms with Crippen LogP contribution in [0, 0.1) is 9.85 Å². The third-order valence-corrected chi connectivity index (χ3v) is 3.42. The van der Waals surface area contributed by atoms with Crippen molar-refractivity contribution in [2.75, 3.05) is 0 Å². The Hall–Kier alpha value is -0.260. The zero-order valence-corrected chi connectivity index (χ0v) is 13.1. The van der Waals surface area contributed by atoms with E-state index in [-0.39, 0.29) is 0 Å². The Bertz CT molecular complexity index is 663. The zero-order chi connectivity index (χ0) is 11.7. The first-order valence-electron chi connectivity index (χ1n) is 4.20. The molecule has 0 unspecified atom stereocenters. The Morgan fingerprint density at radius 3 is 2.88 bits per heavy atom. The number of oxazole rings is 1. The highest BCUT2D eigenvalue weighted by atomic mass is 127. The molecule has 0 radical (unpaired) electrons. The number of hydrogen-bond donors (Lipinski definition) is 0. The Morgan fingerprint density at radius 1 is 1.44 bits per heavy atom. The van der Waals surface area contributed by atoms with E-state index in [2.05, 4.69) is 41.7 Å². The van der Waals surface area contributed by atoms with Crippen molar-refractivity contribution in [1.82, 2.24) is 4.57 Å². The molecule has 1 aromatic carbocycles. The SMILES string of the molecule is O=c1oc2c(Br)cc(Br)cc2n1CC#CI. The van der Waals surface area contributed by atoms with Crippen molar-refractivity contribution in [3.63, 3.8) is 0 Å². The van der Waals surface area contributed by atoms with E-state index in [4.69, 9.17) is 4.42 Å². The van der Waals surface area contributed by atoms with Crippen LogP contribution < -0.4 is 5.76 Å². The first-order chi connectivity index (χ1) is 7.63. The van der Waals surface area contributed by atoms with Gasteiger partial charge in [0.15, 0.2) is 5.58 Å². The second-order valence-electron chi connectivity index (χ2n) is 2.96. The molecule has 0 N–H and O–H groups in total. The smallest absolute Gasteiger partial charge is 0.406 e. The first-order valence-corrected chi connectivity index (χ1v) is 6.87. The van der Waals surface area contributed by atoms with Crippen LogP contribution in [0.2, 0.25) is 0 Å². The summed E-state index contributed by atoms with van der Waals surface area (Å²) in [6.45, 7) is 0.331. The van der Waals surface area contributed by atoms with Crippen LogP contribution >= 0.6 is 54.5 Å². The van der Waals surface area contributed by atoms with Crippen molar-refractivity contribution in [3.8, 4) is 9.85 Å². The van der Waals surface area contributed by atoms with E-state index in [0.29, 0.717) is 12.1 Å². The summed E-state index contributed by atoms with van der Waals surface area (Å²) in [4.78, 5) is 11.6. The Labute approximate surface area is 122 Å². The molecule has 0 spiro atoms. The number of hydrogen-bond acceptors (Lipinski definition) is 2. The Kier molecular flexibility index (Phi) is 3.77. The van der Waals surface area contributed by atoms with Gasteiger partial charge in [-0.1, -0.05) is 21.9 Å². The lowest BCUT2D eigenvalue weighted by atomic mass is 10.3. The summed E-state index contributed by atoms with van der Waals surface area (Å²) in [6.07, 6.45) is 0. The summed E-state index contributed by atoms with van der Waals surface area (Å²) in [5, 5.41) is 0. The van der Waals surface area contributed by atoms with Gasteiger partial charge in [0.25, 0.3) is 0 Å². The normalized spacial score (nSPS) is 10.2. The quantitative estimate of drug-likeness (QED) is 0.486. The lowest BCUT2D eigenvalue weighted by Crippen LogP contribution is -2.12.